The molecule has 0 radical (unpaired) electrons. The van der Waals surface area contributed by atoms with Gasteiger partial charge in [-0.2, -0.15) is 0 Å². The van der Waals surface area contributed by atoms with Gasteiger partial charge in [0.15, 0.2) is 0 Å². The third-order valence-corrected chi connectivity index (χ3v) is 3.09. The minimum absolute atomic E-state index is 0.0279. The first-order chi connectivity index (χ1) is 9.16. The summed E-state index contributed by atoms with van der Waals surface area (Å²) in [5.74, 6) is -0.688. The number of nitrogens with one attached hydrogen (secondary N) is 2. The second-order valence-electron chi connectivity index (χ2n) is 4.44. The molecule has 2 aliphatic rings. The molecule has 8 heteroatoms. The van der Waals surface area contributed by atoms with Crippen LogP contribution in [-0.2, 0) is 14.3 Å². The number of imide groups is 1. The summed E-state index contributed by atoms with van der Waals surface area (Å²) in [7, 11) is 0. The average molecular weight is 270 g/mol. The molecule has 2 fully saturated rings. The zero-order valence-electron chi connectivity index (χ0n) is 10.7. The molecule has 2 rings (SSSR count). The zero-order chi connectivity index (χ0) is 13.7. The van der Waals surface area contributed by atoms with Crippen molar-refractivity contribution in [3.8, 4) is 0 Å². The summed E-state index contributed by atoms with van der Waals surface area (Å²) in [6, 6.07) is -0.506. The number of ether oxygens (including phenoxy) is 1. The van der Waals surface area contributed by atoms with E-state index in [9.17, 15) is 14.4 Å². The predicted octanol–water partition coefficient (Wildman–Crippen LogP) is -2.01. The van der Waals surface area contributed by atoms with Crippen LogP contribution in [0.25, 0.3) is 0 Å². The molecule has 0 unspecified atom stereocenters. The number of carbonyl (C=O) groups excluding carboxylic acids is 3. The van der Waals surface area contributed by atoms with Crippen LogP contribution in [0.3, 0.4) is 0 Å². The molecular formula is C11H18N4O4. The maximum absolute atomic E-state index is 11.6. The first-order valence-corrected chi connectivity index (χ1v) is 6.32. The number of rotatable bonds is 5. The Balaban J connectivity index is 1.64. The molecule has 0 atom stereocenters. The van der Waals surface area contributed by atoms with Gasteiger partial charge in [-0.25, -0.2) is 4.79 Å². The van der Waals surface area contributed by atoms with Crippen LogP contribution in [0.15, 0.2) is 0 Å². The third-order valence-electron chi connectivity index (χ3n) is 3.09. The molecule has 8 nitrogen and oxygen atoms in total. The normalized spacial score (nSPS) is 20.5. The van der Waals surface area contributed by atoms with E-state index in [0.717, 1.165) is 37.7 Å². The highest BCUT2D eigenvalue weighted by Gasteiger charge is 2.29. The second-order valence-corrected chi connectivity index (χ2v) is 4.44. The SMILES string of the molecule is O=C(CN1C(=O)CNC1=O)NCCN1CCOCC1. The molecule has 0 aromatic heterocycles. The van der Waals surface area contributed by atoms with Gasteiger partial charge in [-0.05, 0) is 0 Å². The molecule has 2 aliphatic heterocycles. The molecule has 0 bridgehead atoms. The lowest BCUT2D eigenvalue weighted by Crippen LogP contribution is -2.44. The molecule has 2 heterocycles. The van der Waals surface area contributed by atoms with Gasteiger partial charge < -0.3 is 15.4 Å². The molecular weight excluding hydrogens is 252 g/mol. The van der Waals surface area contributed by atoms with Gasteiger partial charge >= 0.3 is 6.03 Å². The first kappa shape index (κ1) is 13.8. The van der Waals surface area contributed by atoms with Gasteiger partial charge in [0.2, 0.25) is 5.91 Å². The lowest BCUT2D eigenvalue weighted by atomic mass is 10.4. The van der Waals surface area contributed by atoms with E-state index in [1.165, 1.54) is 0 Å². The number of amides is 4. The van der Waals surface area contributed by atoms with Crippen molar-refractivity contribution in [2.75, 3.05) is 52.5 Å². The molecule has 2 saturated heterocycles. The standard InChI is InChI=1S/C11H18N4O4/c16-9(8-15-10(17)7-13-11(15)18)12-1-2-14-3-5-19-6-4-14/h1-8H2,(H,12,16)(H,13,18). The van der Waals surface area contributed by atoms with Crippen LogP contribution in [0.2, 0.25) is 0 Å². The van der Waals surface area contributed by atoms with E-state index in [4.69, 9.17) is 4.74 Å². The number of carbonyl (C=O) groups is 3. The van der Waals surface area contributed by atoms with Gasteiger partial charge in [0, 0.05) is 26.2 Å². The van der Waals surface area contributed by atoms with Crippen molar-refractivity contribution in [1.29, 1.82) is 0 Å². The van der Waals surface area contributed by atoms with E-state index in [1.54, 1.807) is 0 Å². The van der Waals surface area contributed by atoms with Crippen molar-refractivity contribution in [1.82, 2.24) is 20.4 Å². The van der Waals surface area contributed by atoms with Crippen LogP contribution >= 0.6 is 0 Å². The summed E-state index contributed by atoms with van der Waals surface area (Å²) in [5.41, 5.74) is 0. The maximum atomic E-state index is 11.6. The quantitative estimate of drug-likeness (QED) is 0.563. The minimum atomic E-state index is -0.506. The predicted molar refractivity (Wildman–Crippen MR) is 65.4 cm³/mol. The van der Waals surface area contributed by atoms with Crippen molar-refractivity contribution >= 4 is 17.8 Å². The summed E-state index contributed by atoms with van der Waals surface area (Å²) < 4.78 is 5.22. The van der Waals surface area contributed by atoms with E-state index >= 15 is 0 Å². The largest absolute Gasteiger partial charge is 0.379 e. The number of morpholine rings is 1. The van der Waals surface area contributed by atoms with Crippen LogP contribution in [0.5, 0.6) is 0 Å². The van der Waals surface area contributed by atoms with Crippen LogP contribution in [0.4, 0.5) is 4.79 Å². The van der Waals surface area contributed by atoms with Gasteiger partial charge in [-0.15, -0.1) is 0 Å². The third kappa shape index (κ3) is 3.90. The van der Waals surface area contributed by atoms with Crippen molar-refractivity contribution in [3.63, 3.8) is 0 Å². The Morgan fingerprint density at radius 1 is 1.32 bits per heavy atom. The van der Waals surface area contributed by atoms with E-state index in [-0.39, 0.29) is 24.9 Å². The van der Waals surface area contributed by atoms with Crippen LogP contribution in [0.1, 0.15) is 0 Å². The maximum Gasteiger partial charge on any atom is 0.325 e. The van der Waals surface area contributed by atoms with E-state index in [1.807, 2.05) is 0 Å². The first-order valence-electron chi connectivity index (χ1n) is 6.32. The van der Waals surface area contributed by atoms with Crippen molar-refractivity contribution in [3.05, 3.63) is 0 Å². The van der Waals surface area contributed by atoms with E-state index < -0.39 is 6.03 Å². The molecule has 19 heavy (non-hydrogen) atoms. The molecule has 0 spiro atoms. The summed E-state index contributed by atoms with van der Waals surface area (Å²) >= 11 is 0. The molecule has 0 aliphatic carbocycles. The lowest BCUT2D eigenvalue weighted by molar-refractivity contribution is -0.130. The highest BCUT2D eigenvalue weighted by Crippen LogP contribution is 1.98. The van der Waals surface area contributed by atoms with Crippen molar-refractivity contribution < 1.29 is 19.1 Å². The van der Waals surface area contributed by atoms with Crippen molar-refractivity contribution in [2.24, 2.45) is 0 Å². The number of hydrogen-bond donors (Lipinski definition) is 2. The average Bonchev–Trinajstić information content (AvgIpc) is 2.72. The van der Waals surface area contributed by atoms with Gasteiger partial charge in [0.05, 0.1) is 19.8 Å². The van der Waals surface area contributed by atoms with E-state index in [0.29, 0.717) is 6.54 Å². The Labute approximate surface area is 111 Å². The monoisotopic (exact) mass is 270 g/mol. The number of nitrogens with zero attached hydrogens (tertiary/aromatic N) is 2. The highest BCUT2D eigenvalue weighted by atomic mass is 16.5. The Bertz CT molecular complexity index is 352. The van der Waals surface area contributed by atoms with Gasteiger partial charge in [-0.1, -0.05) is 0 Å². The fraction of sp³-hybridized carbons (Fsp3) is 0.727. The molecule has 106 valence electrons. The smallest absolute Gasteiger partial charge is 0.325 e. The summed E-state index contributed by atoms with van der Waals surface area (Å²) in [5, 5.41) is 5.07. The summed E-state index contributed by atoms with van der Waals surface area (Å²) in [6.45, 7) is 4.17. The topological polar surface area (TPSA) is 91.0 Å². The Morgan fingerprint density at radius 2 is 2.05 bits per heavy atom. The second kappa shape index (κ2) is 6.48. The summed E-state index contributed by atoms with van der Waals surface area (Å²) in [6.07, 6.45) is 0. The molecule has 0 saturated carbocycles. The molecule has 0 aromatic rings. The van der Waals surface area contributed by atoms with Crippen LogP contribution in [-0.4, -0.2) is 80.1 Å². The lowest BCUT2D eigenvalue weighted by Gasteiger charge is -2.26. The molecule has 2 N–H and O–H groups in total. The van der Waals surface area contributed by atoms with Gasteiger partial charge in [-0.3, -0.25) is 19.4 Å². The van der Waals surface area contributed by atoms with E-state index in [2.05, 4.69) is 15.5 Å². The zero-order valence-corrected chi connectivity index (χ0v) is 10.7. The van der Waals surface area contributed by atoms with Gasteiger partial charge in [0.25, 0.3) is 5.91 Å². The number of hydrogen-bond acceptors (Lipinski definition) is 5. The fourth-order valence-corrected chi connectivity index (χ4v) is 1.99. The molecule has 4 amide bonds. The van der Waals surface area contributed by atoms with Crippen LogP contribution in [0, 0.1) is 0 Å². The Hall–Kier alpha value is -1.67. The Kier molecular flexibility index (Phi) is 4.69. The number of urea groups is 1. The highest BCUT2D eigenvalue weighted by molar-refractivity contribution is 6.04. The minimum Gasteiger partial charge on any atom is -0.379 e. The Morgan fingerprint density at radius 3 is 2.68 bits per heavy atom. The summed E-state index contributed by atoms with van der Waals surface area (Å²) in [4.78, 5) is 37.2. The molecule has 0 aromatic carbocycles. The van der Waals surface area contributed by atoms with Crippen LogP contribution < -0.4 is 10.6 Å². The fourth-order valence-electron chi connectivity index (χ4n) is 1.99. The van der Waals surface area contributed by atoms with Crippen molar-refractivity contribution in [2.45, 2.75) is 0 Å². The van der Waals surface area contributed by atoms with Gasteiger partial charge in [0.1, 0.15) is 6.54 Å².